The summed E-state index contributed by atoms with van der Waals surface area (Å²) in [7, 11) is -1.45. The minimum absolute atomic E-state index is 0. The second-order valence-electron chi connectivity index (χ2n) is 7.34. The number of carbonyl (C=O) groups excluding carboxylic acids is 2. The third-order valence-corrected chi connectivity index (χ3v) is 6.78. The van der Waals surface area contributed by atoms with Crippen molar-refractivity contribution < 1.29 is 83.6 Å². The second-order valence-corrected chi connectivity index (χ2v) is 9.35. The van der Waals surface area contributed by atoms with E-state index in [0.717, 1.165) is 0 Å². The first-order valence-electron chi connectivity index (χ1n) is 9.85. The molecule has 14 heteroatoms. The number of methoxy groups -OCH3 is 1. The molecule has 4 rings (SSSR count). The molecule has 1 N–H and O–H groups in total. The number of sulfonamides is 1. The van der Waals surface area contributed by atoms with Gasteiger partial charge in [-0.1, -0.05) is 17.7 Å². The number of alkyl carbamates (subject to hydrolysis) is 1. The largest absolute Gasteiger partial charge is 1.00 e. The maximum absolute atomic E-state index is 13.2. The van der Waals surface area contributed by atoms with Gasteiger partial charge in [0.1, 0.15) is 34.0 Å². The van der Waals surface area contributed by atoms with E-state index >= 15 is 0 Å². The Balaban J connectivity index is 0.00000324. The van der Waals surface area contributed by atoms with Gasteiger partial charge in [0.05, 0.1) is 24.6 Å². The normalized spacial score (nSPS) is 19.0. The fourth-order valence-electron chi connectivity index (χ4n) is 3.71. The number of hydrogen-bond acceptors (Lipinski definition) is 8. The quantitative estimate of drug-likeness (QED) is 0.505. The molecule has 34 heavy (non-hydrogen) atoms. The zero-order valence-corrected chi connectivity index (χ0v) is 23.3. The smallest absolute Gasteiger partial charge is 0.571 e. The summed E-state index contributed by atoms with van der Waals surface area (Å²) in [4.78, 5) is 30.1. The Hall–Kier alpha value is -1.61. The van der Waals surface area contributed by atoms with Crippen LogP contribution in [0, 0.1) is 0 Å². The fraction of sp³-hybridized carbons (Fsp3) is 0.350. The summed E-state index contributed by atoms with van der Waals surface area (Å²) in [6, 6.07) is 5.12. The van der Waals surface area contributed by atoms with E-state index < -0.39 is 28.1 Å². The predicted octanol–water partition coefficient (Wildman–Crippen LogP) is -0.527. The molecule has 0 spiro atoms. The summed E-state index contributed by atoms with van der Waals surface area (Å²) in [6.07, 6.45) is 0.540. The topological polar surface area (TPSA) is 138 Å². The molecule has 0 aliphatic carbocycles. The molecular formula is C20H20ClKN4O7S. The summed E-state index contributed by atoms with van der Waals surface area (Å²) < 4.78 is 45.6. The van der Waals surface area contributed by atoms with Crippen LogP contribution in [0.5, 0.6) is 11.6 Å². The number of aromatic nitrogens is 1. The van der Waals surface area contributed by atoms with Gasteiger partial charge >= 0.3 is 57.5 Å². The summed E-state index contributed by atoms with van der Waals surface area (Å²) in [5.74, 6) is -0.264. The van der Waals surface area contributed by atoms with E-state index in [1.165, 1.54) is 49.5 Å². The molecule has 1 fully saturated rings. The van der Waals surface area contributed by atoms with Gasteiger partial charge in [0, 0.05) is 24.7 Å². The SMILES string of the molecule is CNC(=O)O[C@H]1C[C@@H]2COc3ncc([N-]S(=O)(=O)c4cc(Cl)ccc4OC)cc3C(=O)N2C1.[K+]. The van der Waals surface area contributed by atoms with E-state index in [4.69, 9.17) is 25.8 Å². The van der Waals surface area contributed by atoms with Gasteiger partial charge in [-0.15, -0.1) is 5.69 Å². The molecule has 0 saturated carbocycles. The van der Waals surface area contributed by atoms with E-state index in [1.54, 1.807) is 0 Å². The maximum Gasteiger partial charge on any atom is 1.00 e. The van der Waals surface area contributed by atoms with Crippen molar-refractivity contribution in [1.29, 1.82) is 0 Å². The number of ether oxygens (including phenoxy) is 3. The molecular weight excluding hydrogens is 515 g/mol. The summed E-state index contributed by atoms with van der Waals surface area (Å²) >= 11 is 5.94. The molecule has 1 saturated heterocycles. The molecule has 1 aromatic heterocycles. The van der Waals surface area contributed by atoms with Crippen molar-refractivity contribution in [2.75, 3.05) is 27.3 Å². The van der Waals surface area contributed by atoms with Crippen LogP contribution in [-0.4, -0.2) is 69.8 Å². The van der Waals surface area contributed by atoms with Crippen LogP contribution < -0.4 is 66.2 Å². The Morgan fingerprint density at radius 2 is 2.12 bits per heavy atom. The maximum atomic E-state index is 13.2. The second kappa shape index (κ2) is 11.0. The van der Waals surface area contributed by atoms with E-state index in [1.807, 2.05) is 0 Å². The Morgan fingerprint density at radius 1 is 1.35 bits per heavy atom. The Bertz CT molecular complexity index is 1210. The third kappa shape index (κ3) is 5.61. The monoisotopic (exact) mass is 534 g/mol. The van der Waals surface area contributed by atoms with E-state index in [-0.39, 0.29) is 103 Å². The first-order chi connectivity index (χ1) is 15.7. The molecule has 0 bridgehead atoms. The minimum Gasteiger partial charge on any atom is -0.571 e. The average Bonchev–Trinajstić information content (AvgIpc) is 3.14. The standard InChI is InChI=1S/C20H20ClN4O7S.K/c1-22-20(27)32-14-7-13-10-31-18-15(19(26)25(13)9-14)6-12(8-23-18)24-33(28,29)17-5-11(21)3-4-16(17)30-2;/h3-6,8,13-14H,7,9-10H2,1-2H3,(H,22,27);/q-1;+1/t13-,14+;/m1./s1. The van der Waals surface area contributed by atoms with Crippen LogP contribution in [0.2, 0.25) is 5.02 Å². The number of pyridine rings is 1. The molecule has 1 aromatic carbocycles. The number of halogens is 1. The van der Waals surface area contributed by atoms with Gasteiger partial charge in [0.2, 0.25) is 5.88 Å². The third-order valence-electron chi connectivity index (χ3n) is 5.22. The van der Waals surface area contributed by atoms with Crippen molar-refractivity contribution in [2.24, 2.45) is 0 Å². The molecule has 2 aromatic rings. The molecule has 0 unspecified atom stereocenters. The predicted molar refractivity (Wildman–Crippen MR) is 117 cm³/mol. The zero-order valence-electron chi connectivity index (χ0n) is 18.6. The zero-order chi connectivity index (χ0) is 23.8. The van der Waals surface area contributed by atoms with E-state index in [2.05, 4.69) is 15.0 Å². The van der Waals surface area contributed by atoms with E-state index in [9.17, 15) is 18.0 Å². The van der Waals surface area contributed by atoms with Crippen LogP contribution in [0.15, 0.2) is 35.4 Å². The van der Waals surface area contributed by atoms with Crippen molar-refractivity contribution in [3.63, 3.8) is 0 Å². The van der Waals surface area contributed by atoms with Crippen molar-refractivity contribution in [3.05, 3.63) is 45.8 Å². The van der Waals surface area contributed by atoms with Crippen LogP contribution in [-0.2, 0) is 14.8 Å². The van der Waals surface area contributed by atoms with Crippen molar-refractivity contribution >= 4 is 39.3 Å². The minimum atomic E-state index is -4.23. The van der Waals surface area contributed by atoms with Crippen molar-refractivity contribution in [1.82, 2.24) is 15.2 Å². The molecule has 2 aliphatic heterocycles. The average molecular weight is 535 g/mol. The van der Waals surface area contributed by atoms with Crippen LogP contribution in [0.4, 0.5) is 10.5 Å². The number of hydrogen-bond donors (Lipinski definition) is 1. The molecule has 2 amide bonds. The van der Waals surface area contributed by atoms with E-state index in [0.29, 0.717) is 6.42 Å². The first-order valence-corrected chi connectivity index (χ1v) is 11.7. The summed E-state index contributed by atoms with van der Waals surface area (Å²) in [6.45, 7) is 0.340. The van der Waals surface area contributed by atoms with Gasteiger partial charge in [-0.3, -0.25) is 4.79 Å². The Morgan fingerprint density at radius 3 is 2.82 bits per heavy atom. The van der Waals surface area contributed by atoms with Crippen LogP contribution in [0.3, 0.4) is 0 Å². The molecule has 0 radical (unpaired) electrons. The Labute approximate surface area is 243 Å². The number of carbonyl (C=O) groups is 2. The molecule has 176 valence electrons. The molecule has 2 aliphatic rings. The Kier molecular flexibility index (Phi) is 8.71. The summed E-state index contributed by atoms with van der Waals surface area (Å²) in [5.41, 5.74) is -0.00358. The van der Waals surface area contributed by atoms with Gasteiger partial charge in [0.15, 0.2) is 0 Å². The van der Waals surface area contributed by atoms with Crippen LogP contribution in [0.1, 0.15) is 16.8 Å². The first kappa shape index (κ1) is 27.0. The van der Waals surface area contributed by atoms with Gasteiger partial charge in [-0.2, -0.15) is 0 Å². The van der Waals surface area contributed by atoms with Crippen LogP contribution >= 0.6 is 11.6 Å². The fourth-order valence-corrected chi connectivity index (χ4v) is 5.10. The van der Waals surface area contributed by atoms with Crippen LogP contribution in [0.25, 0.3) is 4.72 Å². The number of amides is 2. The molecule has 3 heterocycles. The van der Waals surface area contributed by atoms with Gasteiger partial charge in [-0.05, 0) is 18.2 Å². The summed E-state index contributed by atoms with van der Waals surface area (Å²) in [5, 5.41) is 2.57. The van der Waals surface area contributed by atoms with Crippen molar-refractivity contribution in [3.8, 4) is 11.6 Å². The molecule has 11 nitrogen and oxygen atoms in total. The number of nitrogens with zero attached hydrogens (tertiary/aromatic N) is 3. The number of fused-ring (bicyclic) bond motifs is 2. The number of nitrogens with one attached hydrogen (secondary N) is 1. The van der Waals surface area contributed by atoms with Gasteiger partial charge in [-0.25, -0.2) is 18.2 Å². The van der Waals surface area contributed by atoms with Crippen molar-refractivity contribution in [2.45, 2.75) is 23.5 Å². The number of rotatable bonds is 5. The molecule has 2 atom stereocenters. The number of benzene rings is 1. The van der Waals surface area contributed by atoms with Gasteiger partial charge in [0.25, 0.3) is 5.91 Å². The van der Waals surface area contributed by atoms with Gasteiger partial charge < -0.3 is 29.1 Å².